The second-order valence-electron chi connectivity index (χ2n) is 8.48. The molecule has 2 aromatic heterocycles. The molecule has 0 aliphatic heterocycles. The standard InChI is InChI=1S/C26H25ClN8O2S/c1-35-23-11-10-20(17-22(23)32-26(35)29-14-12-18-6-3-2-4-7-18)30-24-13-15-28-25(33-24)31-19-8-5-9-21(16-19)38(36,37)34-27/h2-11,13,15-17,34H,12,14H2,1H3,(H,29,32)(H2,28,30,31,33). The first-order chi connectivity index (χ1) is 18.4. The van der Waals surface area contributed by atoms with Gasteiger partial charge in [0.05, 0.1) is 15.9 Å². The van der Waals surface area contributed by atoms with Crippen molar-refractivity contribution in [3.63, 3.8) is 0 Å². The summed E-state index contributed by atoms with van der Waals surface area (Å²) in [5, 5.41) is 9.71. The maximum atomic E-state index is 12.0. The van der Waals surface area contributed by atoms with Crippen molar-refractivity contribution in [2.75, 3.05) is 22.5 Å². The summed E-state index contributed by atoms with van der Waals surface area (Å²) in [5.41, 5.74) is 4.44. The predicted molar refractivity (Wildman–Crippen MR) is 151 cm³/mol. The first-order valence-electron chi connectivity index (χ1n) is 11.8. The Morgan fingerprint density at radius 2 is 1.71 bits per heavy atom. The molecule has 5 rings (SSSR count). The van der Waals surface area contributed by atoms with Crippen LogP contribution in [0.4, 0.5) is 29.1 Å². The minimum Gasteiger partial charge on any atom is -0.355 e. The van der Waals surface area contributed by atoms with Gasteiger partial charge in [0.15, 0.2) is 0 Å². The Morgan fingerprint density at radius 1 is 0.895 bits per heavy atom. The van der Waals surface area contributed by atoms with Gasteiger partial charge in [-0.15, -0.1) is 4.24 Å². The van der Waals surface area contributed by atoms with Crippen molar-refractivity contribution >= 4 is 61.9 Å². The van der Waals surface area contributed by atoms with Gasteiger partial charge >= 0.3 is 0 Å². The number of halogens is 1. The molecule has 3 aromatic carbocycles. The number of aromatic nitrogens is 4. The third kappa shape index (κ3) is 5.86. The molecule has 0 amide bonds. The topological polar surface area (TPSA) is 126 Å². The van der Waals surface area contributed by atoms with Gasteiger partial charge in [0.2, 0.25) is 11.9 Å². The number of nitrogens with one attached hydrogen (secondary N) is 4. The molecule has 0 saturated carbocycles. The Labute approximate surface area is 225 Å². The van der Waals surface area contributed by atoms with Crippen LogP contribution in [0.2, 0.25) is 0 Å². The van der Waals surface area contributed by atoms with Crippen molar-refractivity contribution in [2.45, 2.75) is 11.3 Å². The van der Waals surface area contributed by atoms with Crippen molar-refractivity contribution in [3.05, 3.63) is 90.6 Å². The molecule has 0 unspecified atom stereocenters. The summed E-state index contributed by atoms with van der Waals surface area (Å²) in [4.78, 5) is 13.5. The molecule has 0 aliphatic rings. The van der Waals surface area contributed by atoms with Crippen LogP contribution in [0.15, 0.2) is 90.0 Å². The van der Waals surface area contributed by atoms with Gasteiger partial charge in [-0.05, 0) is 66.2 Å². The first-order valence-corrected chi connectivity index (χ1v) is 13.6. The second kappa shape index (κ2) is 11.1. The zero-order valence-electron chi connectivity index (χ0n) is 20.4. The Hall–Kier alpha value is -4.19. The monoisotopic (exact) mass is 548 g/mol. The molecule has 10 nitrogen and oxygen atoms in total. The first kappa shape index (κ1) is 25.5. The summed E-state index contributed by atoms with van der Waals surface area (Å²) in [6.45, 7) is 0.778. The summed E-state index contributed by atoms with van der Waals surface area (Å²) < 4.78 is 27.8. The minimum atomic E-state index is -3.79. The average Bonchev–Trinajstić information content (AvgIpc) is 3.24. The van der Waals surface area contributed by atoms with E-state index in [4.69, 9.17) is 16.8 Å². The third-order valence-electron chi connectivity index (χ3n) is 5.85. The zero-order chi connectivity index (χ0) is 26.5. The fraction of sp³-hybridized carbons (Fsp3) is 0.115. The van der Waals surface area contributed by atoms with E-state index in [1.165, 1.54) is 17.7 Å². The number of imidazole rings is 1. The number of anilines is 5. The van der Waals surface area contributed by atoms with Crippen LogP contribution in [-0.2, 0) is 23.5 Å². The molecule has 194 valence electrons. The summed E-state index contributed by atoms with van der Waals surface area (Å²) in [7, 11) is -1.80. The molecule has 38 heavy (non-hydrogen) atoms. The maximum Gasteiger partial charge on any atom is 0.253 e. The van der Waals surface area contributed by atoms with E-state index in [1.807, 2.05) is 48.0 Å². The molecule has 5 aromatic rings. The highest BCUT2D eigenvalue weighted by atomic mass is 35.5. The van der Waals surface area contributed by atoms with Crippen LogP contribution in [-0.4, -0.2) is 34.5 Å². The molecule has 0 radical (unpaired) electrons. The van der Waals surface area contributed by atoms with Crippen molar-refractivity contribution in [1.29, 1.82) is 0 Å². The molecule has 0 atom stereocenters. The summed E-state index contributed by atoms with van der Waals surface area (Å²) >= 11 is 5.33. The van der Waals surface area contributed by atoms with Crippen LogP contribution in [0.1, 0.15) is 5.56 Å². The van der Waals surface area contributed by atoms with Crippen molar-refractivity contribution in [1.82, 2.24) is 23.8 Å². The van der Waals surface area contributed by atoms with Crippen molar-refractivity contribution in [2.24, 2.45) is 7.05 Å². The number of fused-ring (bicyclic) bond motifs is 1. The molecule has 0 spiro atoms. The van der Waals surface area contributed by atoms with Gasteiger partial charge in [-0.25, -0.2) is 18.4 Å². The van der Waals surface area contributed by atoms with Gasteiger partial charge in [0.25, 0.3) is 10.0 Å². The van der Waals surface area contributed by atoms with E-state index < -0.39 is 10.0 Å². The Bertz CT molecular complexity index is 1680. The molecule has 0 saturated heterocycles. The predicted octanol–water partition coefficient (Wildman–Crippen LogP) is 4.94. The SMILES string of the molecule is Cn1c(NCCc2ccccc2)nc2cc(Nc3ccnc(Nc4cccc(S(=O)(=O)NCl)c4)n3)ccc21. The zero-order valence-corrected chi connectivity index (χ0v) is 22.0. The average molecular weight is 549 g/mol. The lowest BCUT2D eigenvalue weighted by molar-refractivity contribution is 0.594. The molecular weight excluding hydrogens is 524 g/mol. The fourth-order valence-corrected chi connectivity index (χ4v) is 4.85. The van der Waals surface area contributed by atoms with Gasteiger partial charge in [0, 0.05) is 31.2 Å². The van der Waals surface area contributed by atoms with Gasteiger partial charge in [-0.2, -0.15) is 4.98 Å². The summed E-state index contributed by atoms with van der Waals surface area (Å²) in [5.74, 6) is 1.66. The molecule has 0 bridgehead atoms. The van der Waals surface area contributed by atoms with E-state index in [1.54, 1.807) is 28.6 Å². The lowest BCUT2D eigenvalue weighted by atomic mass is 10.1. The van der Waals surface area contributed by atoms with Crippen molar-refractivity contribution in [3.8, 4) is 0 Å². The van der Waals surface area contributed by atoms with Gasteiger partial charge < -0.3 is 20.5 Å². The Balaban J connectivity index is 1.28. The Morgan fingerprint density at radius 3 is 2.53 bits per heavy atom. The van der Waals surface area contributed by atoms with Crippen LogP contribution < -0.4 is 20.2 Å². The number of nitrogens with zero attached hydrogens (tertiary/aromatic N) is 4. The van der Waals surface area contributed by atoms with Crippen LogP contribution in [0.5, 0.6) is 0 Å². The molecule has 4 N–H and O–H groups in total. The van der Waals surface area contributed by atoms with E-state index in [9.17, 15) is 8.42 Å². The molecule has 2 heterocycles. The maximum absolute atomic E-state index is 12.0. The third-order valence-corrected chi connectivity index (χ3v) is 7.54. The van der Waals surface area contributed by atoms with E-state index in [-0.39, 0.29) is 4.90 Å². The molecular formula is C26H25ClN8O2S. The highest BCUT2D eigenvalue weighted by molar-refractivity contribution is 7.90. The van der Waals surface area contributed by atoms with Gasteiger partial charge in [-0.3, -0.25) is 0 Å². The Kier molecular flexibility index (Phi) is 7.40. The lowest BCUT2D eigenvalue weighted by Gasteiger charge is -2.09. The van der Waals surface area contributed by atoms with Gasteiger partial charge in [-0.1, -0.05) is 36.4 Å². The number of hydrogen-bond acceptors (Lipinski definition) is 8. The van der Waals surface area contributed by atoms with E-state index in [2.05, 4.69) is 38.1 Å². The van der Waals surface area contributed by atoms with Crippen LogP contribution in [0, 0.1) is 0 Å². The highest BCUT2D eigenvalue weighted by Crippen LogP contribution is 2.25. The lowest BCUT2D eigenvalue weighted by Crippen LogP contribution is -2.13. The molecule has 12 heteroatoms. The number of sulfonamides is 1. The van der Waals surface area contributed by atoms with Crippen LogP contribution in [0.25, 0.3) is 11.0 Å². The number of rotatable bonds is 10. The number of hydrogen-bond donors (Lipinski definition) is 4. The van der Waals surface area contributed by atoms with Crippen LogP contribution in [0.3, 0.4) is 0 Å². The fourth-order valence-electron chi connectivity index (χ4n) is 3.95. The van der Waals surface area contributed by atoms with E-state index in [0.717, 1.165) is 35.6 Å². The second-order valence-corrected chi connectivity index (χ2v) is 10.6. The van der Waals surface area contributed by atoms with E-state index in [0.29, 0.717) is 17.5 Å². The summed E-state index contributed by atoms with van der Waals surface area (Å²) in [6.07, 6.45) is 2.51. The minimum absolute atomic E-state index is 0.0179. The van der Waals surface area contributed by atoms with E-state index >= 15 is 0 Å². The smallest absolute Gasteiger partial charge is 0.253 e. The molecule has 0 aliphatic carbocycles. The quantitative estimate of drug-likeness (QED) is 0.181. The highest BCUT2D eigenvalue weighted by Gasteiger charge is 2.13. The van der Waals surface area contributed by atoms with Crippen molar-refractivity contribution < 1.29 is 8.42 Å². The van der Waals surface area contributed by atoms with Crippen LogP contribution >= 0.6 is 11.8 Å². The largest absolute Gasteiger partial charge is 0.355 e. The summed E-state index contributed by atoms with van der Waals surface area (Å²) in [6, 6.07) is 24.2. The molecule has 0 fully saturated rings. The van der Waals surface area contributed by atoms with Gasteiger partial charge in [0.1, 0.15) is 5.82 Å². The normalized spacial score (nSPS) is 11.4. The number of aryl methyl sites for hydroxylation is 1. The number of benzene rings is 3.